The Hall–Kier alpha value is -1.86. The first kappa shape index (κ1) is 23.3. The topological polar surface area (TPSA) is 37.3 Å². The third-order valence-corrected chi connectivity index (χ3v) is 8.50. The highest BCUT2D eigenvalue weighted by Crippen LogP contribution is 2.29. The molecule has 1 fully saturated rings. The zero-order valence-electron chi connectivity index (χ0n) is 19.4. The molecule has 6 heteroatoms. The van der Waals surface area contributed by atoms with E-state index in [4.69, 9.17) is 14.5 Å². The van der Waals surface area contributed by atoms with E-state index in [1.54, 1.807) is 7.11 Å². The lowest BCUT2D eigenvalue weighted by Crippen LogP contribution is -2.46. The van der Waals surface area contributed by atoms with Crippen molar-refractivity contribution in [2.45, 2.75) is 37.5 Å². The van der Waals surface area contributed by atoms with Crippen molar-refractivity contribution >= 4 is 22.3 Å². The number of rotatable bonds is 10. The predicted octanol–water partition coefficient (Wildman–Crippen LogP) is 4.45. The second-order valence-electron chi connectivity index (χ2n) is 8.59. The summed E-state index contributed by atoms with van der Waals surface area (Å²) >= 11 is 0.110. The Morgan fingerprint density at radius 3 is 2.62 bits per heavy atom. The van der Waals surface area contributed by atoms with Gasteiger partial charge in [0.15, 0.2) is 5.75 Å². The molecule has 0 amide bonds. The number of benzene rings is 2. The van der Waals surface area contributed by atoms with Gasteiger partial charge in [-0.2, -0.15) is 0 Å². The Morgan fingerprint density at radius 1 is 1.06 bits per heavy atom. The number of aliphatic imine (C=N–C) groups is 1. The van der Waals surface area contributed by atoms with Gasteiger partial charge in [0.2, 0.25) is 5.55 Å². The van der Waals surface area contributed by atoms with Gasteiger partial charge in [-0.15, -0.1) is 4.31 Å². The molecule has 1 saturated heterocycles. The van der Waals surface area contributed by atoms with Crippen LogP contribution in [0.25, 0.3) is 0 Å². The van der Waals surface area contributed by atoms with Gasteiger partial charge >= 0.3 is 0 Å². The number of likely N-dealkylation sites (tertiary alicyclic amines) is 1. The minimum Gasteiger partial charge on any atom is -0.497 e. The van der Waals surface area contributed by atoms with Gasteiger partial charge in [-0.1, -0.05) is 30.3 Å². The molecule has 2 aromatic carbocycles. The minimum absolute atomic E-state index is 0.110. The van der Waals surface area contributed by atoms with Crippen molar-refractivity contribution in [3.05, 3.63) is 59.7 Å². The molecule has 2 aromatic rings. The van der Waals surface area contributed by atoms with Gasteiger partial charge in [-0.3, -0.25) is 0 Å². The minimum atomic E-state index is 0.110. The third-order valence-electron chi connectivity index (χ3n) is 6.51. The number of para-hydroxylation sites is 1. The molecule has 0 saturated carbocycles. The molecule has 0 spiro atoms. The largest absolute Gasteiger partial charge is 0.497 e. The lowest BCUT2D eigenvalue weighted by atomic mass is 10.1. The van der Waals surface area contributed by atoms with Gasteiger partial charge in [0.1, 0.15) is 16.8 Å². The maximum atomic E-state index is 5.87. The molecule has 2 aliphatic rings. The maximum Gasteiger partial charge on any atom is 0.231 e. The molecule has 2 aliphatic heterocycles. The van der Waals surface area contributed by atoms with Crippen molar-refractivity contribution in [1.29, 1.82) is 0 Å². The van der Waals surface area contributed by atoms with Crippen LogP contribution in [0, 0.1) is 0 Å². The summed E-state index contributed by atoms with van der Waals surface area (Å²) in [6.07, 6.45) is 4.55. The Morgan fingerprint density at radius 2 is 1.84 bits per heavy atom. The van der Waals surface area contributed by atoms with Crippen LogP contribution in [0.1, 0.15) is 30.4 Å². The van der Waals surface area contributed by atoms with Crippen LogP contribution < -0.4 is 4.74 Å². The van der Waals surface area contributed by atoms with Gasteiger partial charge in [0.25, 0.3) is 0 Å². The summed E-state index contributed by atoms with van der Waals surface area (Å²) in [7, 11) is 3.99. The first-order valence-corrected chi connectivity index (χ1v) is 13.1. The maximum absolute atomic E-state index is 5.87. The van der Waals surface area contributed by atoms with Gasteiger partial charge in [0, 0.05) is 25.8 Å². The van der Waals surface area contributed by atoms with E-state index in [0.717, 1.165) is 49.8 Å². The summed E-state index contributed by atoms with van der Waals surface area (Å²) in [6, 6.07) is 17.5. The van der Waals surface area contributed by atoms with Gasteiger partial charge in [-0.05, 0) is 62.5 Å². The molecule has 2 heterocycles. The van der Waals surface area contributed by atoms with E-state index in [1.807, 2.05) is 12.1 Å². The lowest BCUT2D eigenvalue weighted by Gasteiger charge is -2.35. The normalized spacial score (nSPS) is 19.3. The molecular formula is C26H36N3O2S+. The van der Waals surface area contributed by atoms with Crippen LogP contribution in [0.2, 0.25) is 0 Å². The van der Waals surface area contributed by atoms with Crippen molar-refractivity contribution in [1.82, 2.24) is 9.21 Å². The number of hydrogen-bond acceptors (Lipinski definition) is 5. The first-order chi connectivity index (χ1) is 15.7. The lowest BCUT2D eigenvalue weighted by molar-refractivity contribution is 0.112. The molecule has 172 valence electrons. The van der Waals surface area contributed by atoms with E-state index in [1.165, 1.54) is 37.1 Å². The monoisotopic (exact) mass is 454 g/mol. The van der Waals surface area contributed by atoms with Crippen LogP contribution >= 0.6 is 0 Å². The average molecular weight is 455 g/mol. The Kier molecular flexibility index (Phi) is 8.62. The Bertz CT molecular complexity index is 866. The SMILES string of the molecule is COc1ccc(CCOCCCN2CCC(N(C)[S+]3C=Nc4ccccc4C3)CC2)cc1. The van der Waals surface area contributed by atoms with E-state index < -0.39 is 0 Å². The van der Waals surface area contributed by atoms with Crippen molar-refractivity contribution in [3.8, 4) is 5.75 Å². The highest BCUT2D eigenvalue weighted by atomic mass is 32.2. The quantitative estimate of drug-likeness (QED) is 0.393. The summed E-state index contributed by atoms with van der Waals surface area (Å²) in [5.41, 5.74) is 6.00. The molecule has 32 heavy (non-hydrogen) atoms. The molecule has 0 radical (unpaired) electrons. The second kappa shape index (κ2) is 11.8. The molecular weight excluding hydrogens is 418 g/mol. The zero-order chi connectivity index (χ0) is 22.2. The van der Waals surface area contributed by atoms with E-state index >= 15 is 0 Å². The van der Waals surface area contributed by atoms with Gasteiger partial charge in [-0.25, -0.2) is 4.99 Å². The molecule has 4 rings (SSSR count). The van der Waals surface area contributed by atoms with Crippen LogP contribution in [0.3, 0.4) is 0 Å². The molecule has 0 bridgehead atoms. The van der Waals surface area contributed by atoms with Gasteiger partial charge in [0.05, 0.1) is 25.4 Å². The Labute approximate surface area is 195 Å². The number of ether oxygens (including phenoxy) is 2. The van der Waals surface area contributed by atoms with Crippen LogP contribution in [0.4, 0.5) is 5.69 Å². The van der Waals surface area contributed by atoms with Crippen molar-refractivity contribution in [3.63, 3.8) is 0 Å². The molecule has 0 aromatic heterocycles. The molecule has 5 nitrogen and oxygen atoms in total. The van der Waals surface area contributed by atoms with Crippen LogP contribution in [0.5, 0.6) is 5.75 Å². The zero-order valence-corrected chi connectivity index (χ0v) is 20.2. The van der Waals surface area contributed by atoms with E-state index in [2.05, 4.69) is 58.2 Å². The Balaban J connectivity index is 1.09. The molecule has 1 unspecified atom stereocenters. The van der Waals surface area contributed by atoms with Crippen molar-refractivity contribution < 1.29 is 9.47 Å². The number of nitrogens with zero attached hydrogens (tertiary/aromatic N) is 3. The fourth-order valence-corrected chi connectivity index (χ4v) is 6.24. The smallest absolute Gasteiger partial charge is 0.231 e. The summed E-state index contributed by atoms with van der Waals surface area (Å²) in [5, 5.41) is 0. The number of fused-ring (bicyclic) bond motifs is 1. The highest BCUT2D eigenvalue weighted by molar-refractivity contribution is 8.06. The van der Waals surface area contributed by atoms with E-state index in [9.17, 15) is 0 Å². The summed E-state index contributed by atoms with van der Waals surface area (Å²) in [6.45, 7) is 5.14. The van der Waals surface area contributed by atoms with Gasteiger partial charge < -0.3 is 14.4 Å². The first-order valence-electron chi connectivity index (χ1n) is 11.7. The molecule has 0 N–H and O–H groups in total. The van der Waals surface area contributed by atoms with Crippen LogP contribution in [-0.4, -0.2) is 67.8 Å². The molecule has 1 atom stereocenters. The number of piperidine rings is 1. The highest BCUT2D eigenvalue weighted by Gasteiger charge is 2.35. The van der Waals surface area contributed by atoms with Crippen LogP contribution in [0.15, 0.2) is 53.5 Å². The predicted molar refractivity (Wildman–Crippen MR) is 135 cm³/mol. The van der Waals surface area contributed by atoms with Crippen LogP contribution in [-0.2, 0) is 28.0 Å². The summed E-state index contributed by atoms with van der Waals surface area (Å²) in [5.74, 6) is 2.01. The molecule has 0 aliphatic carbocycles. The van der Waals surface area contributed by atoms with Crippen molar-refractivity contribution in [2.75, 3.05) is 47.0 Å². The summed E-state index contributed by atoms with van der Waals surface area (Å²) < 4.78 is 13.7. The fraction of sp³-hybridized carbons (Fsp3) is 0.500. The van der Waals surface area contributed by atoms with Crippen molar-refractivity contribution in [2.24, 2.45) is 4.99 Å². The average Bonchev–Trinajstić information content (AvgIpc) is 2.86. The fourth-order valence-electron chi connectivity index (χ4n) is 4.42. The number of hydrogen-bond donors (Lipinski definition) is 0. The van der Waals surface area contributed by atoms with E-state index in [0.29, 0.717) is 6.04 Å². The third kappa shape index (κ3) is 6.35. The number of methoxy groups -OCH3 is 1. The second-order valence-corrected chi connectivity index (χ2v) is 10.5. The van der Waals surface area contributed by atoms with E-state index in [-0.39, 0.29) is 11.1 Å². The standard InChI is InChI=1S/C26H36N3O2S/c1-28(32-20-23-6-3-4-7-26(23)27-21-32)24-12-16-29(17-13-24)15-5-18-31-19-14-22-8-10-25(30-2)11-9-22/h3-4,6-11,21,24H,5,12-20H2,1-2H3/q+1. The summed E-state index contributed by atoms with van der Waals surface area (Å²) in [4.78, 5) is 7.31.